The summed E-state index contributed by atoms with van der Waals surface area (Å²) in [6, 6.07) is 14.0. The normalized spacial score (nSPS) is 14.8. The number of nitrogens with zero attached hydrogens (tertiary/aromatic N) is 3. The highest BCUT2D eigenvalue weighted by molar-refractivity contribution is 5.76. The van der Waals surface area contributed by atoms with Gasteiger partial charge in [-0.2, -0.15) is 5.26 Å². The quantitative estimate of drug-likeness (QED) is 0.831. The van der Waals surface area contributed by atoms with Crippen LogP contribution >= 0.6 is 0 Å². The second kappa shape index (κ2) is 5.75. The summed E-state index contributed by atoms with van der Waals surface area (Å²) in [6.45, 7) is 2.17. The lowest BCUT2D eigenvalue weighted by atomic mass is 10.0. The first-order valence-corrected chi connectivity index (χ1v) is 7.09. The zero-order chi connectivity index (χ0) is 13.8. The Balaban J connectivity index is 1.98. The van der Waals surface area contributed by atoms with Gasteiger partial charge in [0.25, 0.3) is 0 Å². The molecule has 100 valence electrons. The van der Waals surface area contributed by atoms with Gasteiger partial charge in [0.15, 0.2) is 0 Å². The molecule has 0 spiro atoms. The molecule has 0 amide bonds. The molecule has 0 saturated carbocycles. The third kappa shape index (κ3) is 2.50. The number of hydrogen-bond acceptors (Lipinski definition) is 3. The Morgan fingerprint density at radius 2 is 1.75 bits per heavy atom. The number of piperidine rings is 1. The molecule has 1 aliphatic heterocycles. The van der Waals surface area contributed by atoms with Gasteiger partial charge < -0.3 is 4.90 Å². The van der Waals surface area contributed by atoms with E-state index in [-0.39, 0.29) is 0 Å². The zero-order valence-electron chi connectivity index (χ0n) is 11.4. The smallest absolute Gasteiger partial charge is 0.136 e. The number of benzene rings is 1. The minimum Gasteiger partial charge on any atom is -0.356 e. The molecule has 0 unspecified atom stereocenters. The van der Waals surface area contributed by atoms with E-state index in [4.69, 9.17) is 5.26 Å². The van der Waals surface area contributed by atoms with Gasteiger partial charge in [0, 0.05) is 24.8 Å². The minimum atomic E-state index is 0.692. The molecule has 0 bridgehead atoms. The second-order valence-electron chi connectivity index (χ2n) is 5.11. The summed E-state index contributed by atoms with van der Waals surface area (Å²) in [7, 11) is 0. The molecule has 1 aliphatic rings. The van der Waals surface area contributed by atoms with Gasteiger partial charge in [-0.15, -0.1) is 0 Å². The molecule has 0 N–H and O–H groups in total. The lowest BCUT2D eigenvalue weighted by molar-refractivity contribution is 0.574. The first-order chi connectivity index (χ1) is 9.88. The Kier molecular flexibility index (Phi) is 3.64. The van der Waals surface area contributed by atoms with Crippen molar-refractivity contribution in [3.8, 4) is 17.2 Å². The summed E-state index contributed by atoms with van der Waals surface area (Å²) in [5.74, 6) is 1.07. The van der Waals surface area contributed by atoms with Crippen LogP contribution in [0, 0.1) is 11.3 Å². The Bertz CT molecular complexity index is 619. The molecule has 1 aromatic heterocycles. The molecule has 1 saturated heterocycles. The van der Waals surface area contributed by atoms with E-state index < -0.39 is 0 Å². The summed E-state index contributed by atoms with van der Waals surface area (Å²) in [4.78, 5) is 6.95. The first-order valence-electron chi connectivity index (χ1n) is 7.09. The molecule has 0 aliphatic carbocycles. The summed E-state index contributed by atoms with van der Waals surface area (Å²) in [5, 5.41) is 8.89. The van der Waals surface area contributed by atoms with Crippen LogP contribution < -0.4 is 4.90 Å². The third-order valence-corrected chi connectivity index (χ3v) is 3.77. The lowest BCUT2D eigenvalue weighted by Gasteiger charge is -2.29. The highest BCUT2D eigenvalue weighted by Gasteiger charge is 2.16. The molecular weight excluding hydrogens is 246 g/mol. The Hall–Kier alpha value is -2.34. The van der Waals surface area contributed by atoms with Gasteiger partial charge in [0.05, 0.1) is 11.6 Å². The average molecular weight is 263 g/mol. The fraction of sp³-hybridized carbons (Fsp3) is 0.294. The van der Waals surface area contributed by atoms with Crippen molar-refractivity contribution in [2.24, 2.45) is 0 Å². The van der Waals surface area contributed by atoms with Crippen molar-refractivity contribution in [1.29, 1.82) is 5.26 Å². The van der Waals surface area contributed by atoms with Gasteiger partial charge in [-0.25, -0.2) is 4.98 Å². The molecule has 0 radical (unpaired) electrons. The number of rotatable bonds is 2. The van der Waals surface area contributed by atoms with E-state index in [1.165, 1.54) is 19.3 Å². The Labute approximate surface area is 119 Å². The number of hydrogen-bond donors (Lipinski definition) is 0. The Morgan fingerprint density at radius 1 is 1.00 bits per heavy atom. The van der Waals surface area contributed by atoms with Crippen molar-refractivity contribution in [3.63, 3.8) is 0 Å². The predicted molar refractivity (Wildman–Crippen MR) is 80.5 cm³/mol. The maximum Gasteiger partial charge on any atom is 0.136 e. The van der Waals surface area contributed by atoms with Gasteiger partial charge in [-0.3, -0.25) is 0 Å². The van der Waals surface area contributed by atoms with Crippen molar-refractivity contribution in [2.45, 2.75) is 19.3 Å². The van der Waals surface area contributed by atoms with Crippen molar-refractivity contribution in [3.05, 3.63) is 48.2 Å². The van der Waals surface area contributed by atoms with E-state index in [0.717, 1.165) is 30.0 Å². The van der Waals surface area contributed by atoms with Crippen LogP contribution in [0.1, 0.15) is 24.8 Å². The molecule has 3 nitrogen and oxygen atoms in total. The highest BCUT2D eigenvalue weighted by Crippen LogP contribution is 2.30. The average Bonchev–Trinajstić information content (AvgIpc) is 2.56. The van der Waals surface area contributed by atoms with E-state index in [0.29, 0.717) is 5.56 Å². The highest BCUT2D eigenvalue weighted by atomic mass is 15.2. The monoisotopic (exact) mass is 263 g/mol. The topological polar surface area (TPSA) is 39.9 Å². The second-order valence-corrected chi connectivity index (χ2v) is 5.11. The van der Waals surface area contributed by atoms with Crippen molar-refractivity contribution in [2.75, 3.05) is 18.0 Å². The molecule has 2 aromatic rings. The van der Waals surface area contributed by atoms with Gasteiger partial charge in [-0.1, -0.05) is 12.1 Å². The van der Waals surface area contributed by atoms with E-state index in [9.17, 15) is 0 Å². The first kappa shape index (κ1) is 12.7. The van der Waals surface area contributed by atoms with Crippen LogP contribution in [-0.4, -0.2) is 18.1 Å². The molecule has 1 fully saturated rings. The zero-order valence-corrected chi connectivity index (χ0v) is 11.4. The molecular formula is C17H17N3. The van der Waals surface area contributed by atoms with Gasteiger partial charge in [0.1, 0.15) is 5.82 Å². The number of nitriles is 1. The van der Waals surface area contributed by atoms with Crippen molar-refractivity contribution in [1.82, 2.24) is 4.98 Å². The van der Waals surface area contributed by atoms with Crippen LogP contribution in [-0.2, 0) is 0 Å². The SMILES string of the molecule is N#Cc1ccc(-c2cccnc2N2CCCCC2)cc1. The third-order valence-electron chi connectivity index (χ3n) is 3.77. The van der Waals surface area contributed by atoms with Crippen LogP contribution in [0.15, 0.2) is 42.6 Å². The summed E-state index contributed by atoms with van der Waals surface area (Å²) in [5.41, 5.74) is 2.97. The number of aromatic nitrogens is 1. The molecule has 0 atom stereocenters. The maximum atomic E-state index is 8.89. The van der Waals surface area contributed by atoms with Crippen molar-refractivity contribution < 1.29 is 0 Å². The maximum absolute atomic E-state index is 8.89. The van der Waals surface area contributed by atoms with Gasteiger partial charge in [0.2, 0.25) is 0 Å². The molecule has 2 heterocycles. The van der Waals surface area contributed by atoms with E-state index in [1.54, 1.807) is 0 Å². The molecule has 20 heavy (non-hydrogen) atoms. The lowest BCUT2D eigenvalue weighted by Crippen LogP contribution is -2.30. The van der Waals surface area contributed by atoms with E-state index in [2.05, 4.69) is 22.0 Å². The largest absolute Gasteiger partial charge is 0.356 e. The van der Waals surface area contributed by atoms with Gasteiger partial charge >= 0.3 is 0 Å². The summed E-state index contributed by atoms with van der Waals surface area (Å²) >= 11 is 0. The van der Waals surface area contributed by atoms with Crippen LogP contribution in [0.4, 0.5) is 5.82 Å². The fourth-order valence-corrected chi connectivity index (χ4v) is 2.70. The molecule has 3 rings (SSSR count). The van der Waals surface area contributed by atoms with Crippen LogP contribution in [0.5, 0.6) is 0 Å². The summed E-state index contributed by atoms with van der Waals surface area (Å²) in [6.07, 6.45) is 5.65. The van der Waals surface area contributed by atoms with E-state index in [1.807, 2.05) is 36.5 Å². The van der Waals surface area contributed by atoms with Crippen molar-refractivity contribution >= 4 is 5.82 Å². The van der Waals surface area contributed by atoms with Gasteiger partial charge in [-0.05, 0) is 49.1 Å². The molecule has 1 aromatic carbocycles. The van der Waals surface area contributed by atoms with E-state index >= 15 is 0 Å². The van der Waals surface area contributed by atoms with Crippen LogP contribution in [0.2, 0.25) is 0 Å². The number of pyridine rings is 1. The van der Waals surface area contributed by atoms with Crippen LogP contribution in [0.25, 0.3) is 11.1 Å². The molecule has 3 heteroatoms. The Morgan fingerprint density at radius 3 is 2.45 bits per heavy atom. The van der Waals surface area contributed by atoms with Crippen LogP contribution in [0.3, 0.4) is 0 Å². The predicted octanol–water partition coefficient (Wildman–Crippen LogP) is 3.61. The summed E-state index contributed by atoms with van der Waals surface area (Å²) < 4.78 is 0. The minimum absolute atomic E-state index is 0.692. The number of anilines is 1. The fourth-order valence-electron chi connectivity index (χ4n) is 2.70. The standard InChI is InChI=1S/C17H17N3/c18-13-14-6-8-15(9-7-14)16-5-4-10-19-17(16)20-11-2-1-3-12-20/h4-10H,1-3,11-12H2.